The molecule has 1 aliphatic rings. The predicted molar refractivity (Wildman–Crippen MR) is 126 cm³/mol. The van der Waals surface area contributed by atoms with Gasteiger partial charge in [-0.05, 0) is 78.5 Å². The number of anilines is 1. The second-order valence-corrected chi connectivity index (χ2v) is 7.96. The fraction of sp³-hybridized carbons (Fsp3) is 0.0417. The summed E-state index contributed by atoms with van der Waals surface area (Å²) in [7, 11) is 0. The maximum Gasteiger partial charge on any atom is 0.416 e. The van der Waals surface area contributed by atoms with Gasteiger partial charge in [0.25, 0.3) is 11.8 Å². The number of amides is 2. The zero-order chi connectivity index (χ0) is 24.5. The van der Waals surface area contributed by atoms with Crippen molar-refractivity contribution in [3.63, 3.8) is 0 Å². The fourth-order valence-corrected chi connectivity index (χ4v) is 3.60. The third-order valence-electron chi connectivity index (χ3n) is 4.75. The first-order chi connectivity index (χ1) is 16.1. The van der Waals surface area contributed by atoms with Crippen molar-refractivity contribution in [2.24, 2.45) is 0 Å². The van der Waals surface area contributed by atoms with E-state index in [9.17, 15) is 22.8 Å². The Hall–Kier alpha value is -3.69. The van der Waals surface area contributed by atoms with Gasteiger partial charge >= 0.3 is 6.18 Å². The molecule has 1 heterocycles. The molecule has 172 valence electrons. The molecule has 2 amide bonds. The van der Waals surface area contributed by atoms with Crippen LogP contribution in [0.25, 0.3) is 6.08 Å². The van der Waals surface area contributed by atoms with Crippen molar-refractivity contribution in [3.8, 4) is 11.5 Å². The highest BCUT2D eigenvalue weighted by Crippen LogP contribution is 2.33. The van der Waals surface area contributed by atoms with Crippen LogP contribution in [0, 0.1) is 0 Å². The summed E-state index contributed by atoms with van der Waals surface area (Å²) in [6, 6.07) is 17.0. The number of benzene rings is 3. The van der Waals surface area contributed by atoms with Crippen LogP contribution in [-0.2, 0) is 15.8 Å². The Morgan fingerprint density at radius 3 is 2.26 bits per heavy atom. The Labute approximate surface area is 202 Å². The van der Waals surface area contributed by atoms with E-state index in [-0.39, 0.29) is 22.2 Å². The number of carbonyl (C=O) groups is 2. The third-order valence-corrected chi connectivity index (χ3v) is 5.29. The van der Waals surface area contributed by atoms with E-state index in [0.29, 0.717) is 16.3 Å². The molecule has 0 aromatic heterocycles. The highest BCUT2D eigenvalue weighted by atomic mass is 35.5. The first kappa shape index (κ1) is 23.5. The molecule has 1 aliphatic heterocycles. The number of carbonyl (C=O) groups excluding carboxylic acids is 2. The Morgan fingerprint density at radius 1 is 0.941 bits per heavy atom. The van der Waals surface area contributed by atoms with Gasteiger partial charge in [-0.15, -0.1) is 0 Å². The molecule has 4 rings (SSSR count). The minimum atomic E-state index is -4.50. The van der Waals surface area contributed by atoms with Gasteiger partial charge in [-0.1, -0.05) is 29.8 Å². The number of ether oxygens (including phenoxy) is 1. The Morgan fingerprint density at radius 2 is 1.59 bits per heavy atom. The van der Waals surface area contributed by atoms with Crippen LogP contribution in [0.15, 0.2) is 78.4 Å². The monoisotopic (exact) mass is 502 g/mol. The van der Waals surface area contributed by atoms with Crippen molar-refractivity contribution in [1.82, 2.24) is 5.32 Å². The first-order valence-electron chi connectivity index (χ1n) is 9.74. The third kappa shape index (κ3) is 5.11. The van der Waals surface area contributed by atoms with E-state index < -0.39 is 23.6 Å². The summed E-state index contributed by atoms with van der Waals surface area (Å²) in [5.74, 6) is -1.10. The lowest BCUT2D eigenvalue weighted by Crippen LogP contribution is -2.54. The number of rotatable bonds is 4. The Kier molecular flexibility index (Phi) is 6.41. The van der Waals surface area contributed by atoms with E-state index in [4.69, 9.17) is 28.6 Å². The van der Waals surface area contributed by atoms with Crippen molar-refractivity contribution in [1.29, 1.82) is 0 Å². The van der Waals surface area contributed by atoms with Gasteiger partial charge in [0.2, 0.25) is 0 Å². The molecule has 3 aromatic rings. The number of thiocarbonyl (C=S) groups is 1. The number of nitrogens with one attached hydrogen (secondary N) is 1. The van der Waals surface area contributed by atoms with E-state index in [1.165, 1.54) is 29.2 Å². The highest BCUT2D eigenvalue weighted by Gasteiger charge is 2.34. The molecule has 0 aliphatic carbocycles. The zero-order valence-corrected chi connectivity index (χ0v) is 18.7. The molecule has 34 heavy (non-hydrogen) atoms. The second-order valence-electron chi connectivity index (χ2n) is 7.13. The Balaban J connectivity index is 1.62. The van der Waals surface area contributed by atoms with Crippen molar-refractivity contribution in [2.45, 2.75) is 6.18 Å². The molecule has 1 fully saturated rings. The molecule has 0 spiro atoms. The molecule has 0 unspecified atom stereocenters. The minimum absolute atomic E-state index is 0.00891. The summed E-state index contributed by atoms with van der Waals surface area (Å²) >= 11 is 11.1. The van der Waals surface area contributed by atoms with Gasteiger partial charge in [-0.2, -0.15) is 13.2 Å². The molecular weight excluding hydrogens is 489 g/mol. The molecule has 10 heteroatoms. The number of nitrogens with zero attached hydrogens (tertiary/aromatic N) is 1. The topological polar surface area (TPSA) is 58.6 Å². The minimum Gasteiger partial charge on any atom is -0.457 e. The van der Waals surface area contributed by atoms with E-state index in [2.05, 4.69) is 5.32 Å². The summed E-state index contributed by atoms with van der Waals surface area (Å²) in [5.41, 5.74) is -0.176. The van der Waals surface area contributed by atoms with Crippen molar-refractivity contribution in [2.75, 3.05) is 4.90 Å². The maximum absolute atomic E-state index is 13.1. The lowest BCUT2D eigenvalue weighted by molar-refractivity contribution is -0.137. The lowest BCUT2D eigenvalue weighted by atomic mass is 10.1. The average Bonchev–Trinajstić information content (AvgIpc) is 2.78. The van der Waals surface area contributed by atoms with Crippen LogP contribution < -0.4 is 15.0 Å². The van der Waals surface area contributed by atoms with Crippen LogP contribution in [0.1, 0.15) is 11.1 Å². The van der Waals surface area contributed by atoms with E-state index >= 15 is 0 Å². The number of hydrogen-bond donors (Lipinski definition) is 1. The molecule has 1 N–H and O–H groups in total. The van der Waals surface area contributed by atoms with Gasteiger partial charge in [0.1, 0.15) is 17.1 Å². The van der Waals surface area contributed by atoms with Crippen molar-refractivity contribution in [3.05, 3.63) is 94.5 Å². The van der Waals surface area contributed by atoms with Crippen LogP contribution in [0.5, 0.6) is 11.5 Å². The first-order valence-corrected chi connectivity index (χ1v) is 10.5. The highest BCUT2D eigenvalue weighted by molar-refractivity contribution is 7.80. The summed E-state index contributed by atoms with van der Waals surface area (Å²) < 4.78 is 44.4. The lowest BCUT2D eigenvalue weighted by Gasteiger charge is -2.29. The van der Waals surface area contributed by atoms with Crippen molar-refractivity contribution >= 4 is 52.5 Å². The largest absolute Gasteiger partial charge is 0.457 e. The smallest absolute Gasteiger partial charge is 0.416 e. The molecule has 0 saturated carbocycles. The molecule has 3 aromatic carbocycles. The van der Waals surface area contributed by atoms with E-state index in [1.54, 1.807) is 42.5 Å². The van der Waals surface area contributed by atoms with E-state index in [0.717, 1.165) is 12.1 Å². The molecular formula is C24H14ClF3N2O3S. The molecule has 5 nitrogen and oxygen atoms in total. The molecule has 0 radical (unpaired) electrons. The van der Waals surface area contributed by atoms with Crippen LogP contribution in [0.4, 0.5) is 18.9 Å². The molecule has 1 saturated heterocycles. The van der Waals surface area contributed by atoms with Gasteiger partial charge in [0, 0.05) is 5.02 Å². The Bertz CT molecular complexity index is 1320. The average molecular weight is 503 g/mol. The predicted octanol–water partition coefficient (Wildman–Crippen LogP) is 5.98. The summed E-state index contributed by atoms with van der Waals surface area (Å²) in [5, 5.41) is 2.87. The number of halogens is 4. The SMILES string of the molecule is O=C1NC(=S)N(c2ccc(Cl)cc2)C(=O)/C1=C/c1cccc(Oc2cccc(C(F)(F)F)c2)c1. The fourth-order valence-electron chi connectivity index (χ4n) is 3.19. The van der Waals surface area contributed by atoms with E-state index in [1.807, 2.05) is 0 Å². The quantitative estimate of drug-likeness (QED) is 0.271. The van der Waals surface area contributed by atoms with Crippen LogP contribution in [0.3, 0.4) is 0 Å². The second kappa shape index (κ2) is 9.28. The normalized spacial score (nSPS) is 15.5. The number of alkyl halides is 3. The van der Waals surface area contributed by atoms with Crippen LogP contribution >= 0.6 is 23.8 Å². The van der Waals surface area contributed by atoms with Gasteiger partial charge in [0.15, 0.2) is 5.11 Å². The van der Waals surface area contributed by atoms with Gasteiger partial charge in [0.05, 0.1) is 11.3 Å². The summed E-state index contributed by atoms with van der Waals surface area (Å²) in [6.07, 6.45) is -3.15. The van der Waals surface area contributed by atoms with Gasteiger partial charge < -0.3 is 4.74 Å². The summed E-state index contributed by atoms with van der Waals surface area (Å²) in [6.45, 7) is 0. The van der Waals surface area contributed by atoms with Gasteiger partial charge in [-0.25, -0.2) is 0 Å². The summed E-state index contributed by atoms with van der Waals surface area (Å²) in [4.78, 5) is 26.7. The number of hydrogen-bond acceptors (Lipinski definition) is 4. The molecule has 0 bridgehead atoms. The van der Waals surface area contributed by atoms with Crippen LogP contribution in [0.2, 0.25) is 5.02 Å². The standard InChI is InChI=1S/C24H14ClF3N2O3S/c25-16-7-9-17(10-8-16)30-22(32)20(21(31)29-23(30)34)12-14-3-1-5-18(11-14)33-19-6-2-4-15(13-19)24(26,27)28/h1-13H,(H,29,31,34)/b20-12+. The van der Waals surface area contributed by atoms with Gasteiger partial charge in [-0.3, -0.25) is 19.8 Å². The van der Waals surface area contributed by atoms with Crippen molar-refractivity contribution < 1.29 is 27.5 Å². The maximum atomic E-state index is 13.1. The van der Waals surface area contributed by atoms with Crippen LogP contribution in [-0.4, -0.2) is 16.9 Å². The molecule has 0 atom stereocenters. The zero-order valence-electron chi connectivity index (χ0n) is 17.1.